The van der Waals surface area contributed by atoms with Crippen LogP contribution in [0.2, 0.25) is 0 Å². The molecule has 0 bridgehead atoms. The molecule has 5 unspecified atom stereocenters. The van der Waals surface area contributed by atoms with E-state index in [-0.39, 0.29) is 0 Å². The molecule has 14 nitrogen and oxygen atoms in total. The van der Waals surface area contributed by atoms with Crippen LogP contribution in [0.15, 0.2) is 0 Å². The minimum Gasteiger partial charge on any atom is -0.481 e. The van der Waals surface area contributed by atoms with Crippen LogP contribution in [-0.4, -0.2) is 81.2 Å². The van der Waals surface area contributed by atoms with E-state index in [1.54, 1.807) is 0 Å². The number of rotatable bonds is 13. The smallest absolute Gasteiger partial charge is 0.326 e. The van der Waals surface area contributed by atoms with Crippen molar-refractivity contribution in [1.82, 2.24) is 16.0 Å². The summed E-state index contributed by atoms with van der Waals surface area (Å²) in [6, 6.07) is -6.09. The number of primary amides is 1. The van der Waals surface area contributed by atoms with Gasteiger partial charge in [-0.15, -0.1) is 0 Å². The van der Waals surface area contributed by atoms with E-state index in [0.29, 0.717) is 0 Å². The summed E-state index contributed by atoms with van der Waals surface area (Å²) >= 11 is 0. The van der Waals surface area contributed by atoms with Crippen molar-refractivity contribution in [1.29, 1.82) is 0 Å². The zero-order chi connectivity index (χ0) is 24.5. The second-order valence-corrected chi connectivity index (χ2v) is 7.23. The third kappa shape index (κ3) is 9.86. The van der Waals surface area contributed by atoms with Crippen LogP contribution in [0.5, 0.6) is 0 Å². The lowest BCUT2D eigenvalue weighted by Gasteiger charge is -2.27. The molecule has 0 fully saturated rings. The summed E-state index contributed by atoms with van der Waals surface area (Å²) in [7, 11) is 0. The highest BCUT2D eigenvalue weighted by Gasteiger charge is 2.34. The zero-order valence-corrected chi connectivity index (χ0v) is 17.3. The lowest BCUT2D eigenvalue weighted by molar-refractivity contribution is -0.144. The van der Waals surface area contributed by atoms with E-state index < -0.39 is 84.6 Å². The van der Waals surface area contributed by atoms with Gasteiger partial charge in [0.15, 0.2) is 0 Å². The summed E-state index contributed by atoms with van der Waals surface area (Å²) in [4.78, 5) is 70.1. The number of nitrogens with two attached hydrogens (primary N) is 2. The molecule has 0 rings (SSSR count). The third-order valence-corrected chi connectivity index (χ3v) is 4.06. The molecule has 0 aliphatic rings. The second kappa shape index (κ2) is 12.4. The van der Waals surface area contributed by atoms with Crippen molar-refractivity contribution in [3.05, 3.63) is 0 Å². The molecule has 0 saturated carbocycles. The average Bonchev–Trinajstić information content (AvgIpc) is 2.61. The van der Waals surface area contributed by atoms with Gasteiger partial charge in [0, 0.05) is 0 Å². The molecule has 5 atom stereocenters. The van der Waals surface area contributed by atoms with Gasteiger partial charge in [0.1, 0.15) is 18.1 Å². The number of aliphatic carboxylic acids is 2. The molecule has 31 heavy (non-hydrogen) atoms. The summed E-state index contributed by atoms with van der Waals surface area (Å²) in [5.74, 6) is -7.40. The van der Waals surface area contributed by atoms with Crippen LogP contribution in [0.3, 0.4) is 0 Å². The normalized spacial score (nSPS) is 15.7. The van der Waals surface area contributed by atoms with Crippen molar-refractivity contribution in [2.75, 3.05) is 0 Å². The number of aliphatic hydroxyl groups is 1. The van der Waals surface area contributed by atoms with Gasteiger partial charge in [-0.3, -0.25) is 24.0 Å². The summed E-state index contributed by atoms with van der Waals surface area (Å²) in [5, 5.41) is 34.1. The molecule has 14 heteroatoms. The number of hydrogen-bond donors (Lipinski definition) is 8. The Labute approximate surface area is 177 Å². The highest BCUT2D eigenvalue weighted by molar-refractivity contribution is 5.96. The molecule has 0 aliphatic carbocycles. The quantitative estimate of drug-likeness (QED) is 0.137. The molecule has 0 saturated heterocycles. The van der Waals surface area contributed by atoms with Gasteiger partial charge in [-0.1, -0.05) is 13.8 Å². The van der Waals surface area contributed by atoms with Crippen molar-refractivity contribution in [2.45, 2.75) is 63.9 Å². The summed E-state index contributed by atoms with van der Waals surface area (Å²) in [6.07, 6.45) is -2.94. The zero-order valence-electron chi connectivity index (χ0n) is 17.3. The number of carboxylic acids is 2. The minimum absolute atomic E-state index is 0.510. The molecule has 10 N–H and O–H groups in total. The van der Waals surface area contributed by atoms with Crippen molar-refractivity contribution in [2.24, 2.45) is 17.4 Å². The molecule has 0 radical (unpaired) electrons. The standard InChI is InChI=1S/C17H29N5O9/c1-6(2)12(17(30)31)21-16(29)13(7(3)23)22-15(28)9(5-10(19)24)20-14(27)8(18)4-11(25)26/h6-9,12-13,23H,4-5,18H2,1-3H3,(H2,19,24)(H,20,27)(H,21,29)(H,22,28)(H,25,26)(H,30,31). The largest absolute Gasteiger partial charge is 0.481 e. The maximum Gasteiger partial charge on any atom is 0.326 e. The van der Waals surface area contributed by atoms with Gasteiger partial charge in [0.05, 0.1) is 25.0 Å². The fraction of sp³-hybridized carbons (Fsp3) is 0.647. The Morgan fingerprint density at radius 1 is 0.806 bits per heavy atom. The molecule has 4 amide bonds. The van der Waals surface area contributed by atoms with Crippen LogP contribution >= 0.6 is 0 Å². The Morgan fingerprint density at radius 2 is 1.32 bits per heavy atom. The van der Waals surface area contributed by atoms with Gasteiger partial charge in [0.25, 0.3) is 0 Å². The first-order chi connectivity index (χ1) is 14.2. The fourth-order valence-electron chi connectivity index (χ4n) is 2.39. The number of carbonyl (C=O) groups is 6. The molecule has 0 spiro atoms. The number of carbonyl (C=O) groups excluding carboxylic acids is 4. The first-order valence-electron chi connectivity index (χ1n) is 9.25. The van der Waals surface area contributed by atoms with Crippen LogP contribution < -0.4 is 27.4 Å². The van der Waals surface area contributed by atoms with E-state index in [0.717, 1.165) is 6.92 Å². The summed E-state index contributed by atoms with van der Waals surface area (Å²) < 4.78 is 0. The lowest BCUT2D eigenvalue weighted by atomic mass is 10.0. The number of nitrogens with one attached hydrogen (secondary N) is 3. The van der Waals surface area contributed by atoms with E-state index in [2.05, 4.69) is 16.0 Å². The van der Waals surface area contributed by atoms with E-state index in [1.807, 2.05) is 0 Å². The number of aliphatic hydroxyl groups excluding tert-OH is 1. The molecular weight excluding hydrogens is 418 g/mol. The molecule has 0 heterocycles. The highest BCUT2D eigenvalue weighted by Crippen LogP contribution is 2.05. The fourth-order valence-corrected chi connectivity index (χ4v) is 2.39. The van der Waals surface area contributed by atoms with E-state index in [4.69, 9.17) is 16.6 Å². The van der Waals surface area contributed by atoms with Crippen molar-refractivity contribution in [3.8, 4) is 0 Å². The van der Waals surface area contributed by atoms with Crippen molar-refractivity contribution >= 4 is 35.6 Å². The van der Waals surface area contributed by atoms with Crippen molar-refractivity contribution < 1.29 is 44.1 Å². The lowest BCUT2D eigenvalue weighted by Crippen LogP contribution is -2.60. The number of carboxylic acid groups (broad SMARTS) is 2. The van der Waals surface area contributed by atoms with E-state index >= 15 is 0 Å². The van der Waals surface area contributed by atoms with Crippen LogP contribution in [0.4, 0.5) is 0 Å². The number of amides is 4. The summed E-state index contributed by atoms with van der Waals surface area (Å²) in [5.41, 5.74) is 10.5. The Kier molecular flexibility index (Phi) is 11.1. The monoisotopic (exact) mass is 447 g/mol. The first-order valence-corrected chi connectivity index (χ1v) is 9.25. The molecule has 176 valence electrons. The molecule has 0 aromatic rings. The predicted octanol–water partition coefficient (Wildman–Crippen LogP) is -3.76. The number of hydrogen-bond acceptors (Lipinski definition) is 8. The van der Waals surface area contributed by atoms with Gasteiger partial charge < -0.3 is 42.7 Å². The first kappa shape index (κ1) is 27.7. The topological polar surface area (TPSA) is 251 Å². The maximum atomic E-state index is 12.5. The second-order valence-electron chi connectivity index (χ2n) is 7.23. The van der Waals surface area contributed by atoms with Gasteiger partial charge in [-0.2, -0.15) is 0 Å². The van der Waals surface area contributed by atoms with Gasteiger partial charge in [-0.25, -0.2) is 4.79 Å². The van der Waals surface area contributed by atoms with Gasteiger partial charge in [-0.05, 0) is 12.8 Å². The minimum atomic E-state index is -1.63. The Balaban J connectivity index is 5.46. The van der Waals surface area contributed by atoms with Crippen LogP contribution in [0.25, 0.3) is 0 Å². The van der Waals surface area contributed by atoms with Gasteiger partial charge >= 0.3 is 11.9 Å². The average molecular weight is 447 g/mol. The molecular formula is C17H29N5O9. The Bertz CT molecular complexity index is 710. The highest BCUT2D eigenvalue weighted by atomic mass is 16.4. The van der Waals surface area contributed by atoms with E-state index in [9.17, 15) is 39.0 Å². The van der Waals surface area contributed by atoms with E-state index in [1.165, 1.54) is 13.8 Å². The summed E-state index contributed by atoms with van der Waals surface area (Å²) in [6.45, 7) is 4.22. The molecule has 0 aromatic carbocycles. The van der Waals surface area contributed by atoms with Crippen molar-refractivity contribution in [3.63, 3.8) is 0 Å². The molecule has 0 aromatic heterocycles. The predicted molar refractivity (Wildman–Crippen MR) is 104 cm³/mol. The van der Waals surface area contributed by atoms with Crippen LogP contribution in [0.1, 0.15) is 33.6 Å². The van der Waals surface area contributed by atoms with Gasteiger partial charge in [0.2, 0.25) is 23.6 Å². The SMILES string of the molecule is CC(C)C(NC(=O)C(NC(=O)C(CC(N)=O)NC(=O)C(N)CC(=O)O)C(C)O)C(=O)O. The maximum absolute atomic E-state index is 12.5. The van der Waals surface area contributed by atoms with Crippen LogP contribution in [-0.2, 0) is 28.8 Å². The third-order valence-electron chi connectivity index (χ3n) is 4.06. The molecule has 0 aliphatic heterocycles. The Morgan fingerprint density at radius 3 is 1.71 bits per heavy atom. The van der Waals surface area contributed by atoms with Crippen LogP contribution in [0, 0.1) is 5.92 Å². The Hall–Kier alpha value is -3.26.